The molecular formula is C13H21N5O2. The standard InChI is InChI=1S/C13H21N5O2/c1-3-9-6-4-5-7-10(9)16-12-11(18(19)20)8-15-13(14-2)17-12/h8-10H,3-7H2,1-2H3,(H2,14,15,16,17). The number of nitro groups is 1. The van der Waals surface area contributed by atoms with Gasteiger partial charge in [-0.1, -0.05) is 26.2 Å². The third-order valence-corrected chi connectivity index (χ3v) is 3.95. The molecule has 1 aromatic rings. The monoisotopic (exact) mass is 279 g/mol. The lowest BCUT2D eigenvalue weighted by Gasteiger charge is -2.31. The van der Waals surface area contributed by atoms with Crippen LogP contribution in [0.3, 0.4) is 0 Å². The van der Waals surface area contributed by atoms with E-state index in [1.165, 1.54) is 19.0 Å². The first-order valence-electron chi connectivity index (χ1n) is 7.11. The highest BCUT2D eigenvalue weighted by Crippen LogP contribution is 2.31. The number of rotatable bonds is 5. The molecule has 1 saturated carbocycles. The molecule has 20 heavy (non-hydrogen) atoms. The highest BCUT2D eigenvalue weighted by atomic mass is 16.6. The van der Waals surface area contributed by atoms with Crippen molar-refractivity contribution in [2.24, 2.45) is 5.92 Å². The molecule has 0 aliphatic heterocycles. The molecule has 1 aliphatic carbocycles. The fourth-order valence-corrected chi connectivity index (χ4v) is 2.80. The van der Waals surface area contributed by atoms with Gasteiger partial charge in [0, 0.05) is 13.1 Å². The zero-order valence-corrected chi connectivity index (χ0v) is 11.9. The van der Waals surface area contributed by atoms with E-state index in [9.17, 15) is 10.1 Å². The molecule has 7 nitrogen and oxygen atoms in total. The summed E-state index contributed by atoms with van der Waals surface area (Å²) < 4.78 is 0. The van der Waals surface area contributed by atoms with Crippen LogP contribution in [0, 0.1) is 16.0 Å². The highest BCUT2D eigenvalue weighted by Gasteiger charge is 2.27. The van der Waals surface area contributed by atoms with Gasteiger partial charge in [-0.2, -0.15) is 4.98 Å². The molecule has 1 aliphatic rings. The molecule has 2 rings (SSSR count). The van der Waals surface area contributed by atoms with E-state index in [0.717, 1.165) is 19.3 Å². The predicted molar refractivity (Wildman–Crippen MR) is 77.9 cm³/mol. The fraction of sp³-hybridized carbons (Fsp3) is 0.692. The third-order valence-electron chi connectivity index (χ3n) is 3.95. The lowest BCUT2D eigenvalue weighted by atomic mass is 9.83. The predicted octanol–water partition coefficient (Wildman–Crippen LogP) is 2.81. The Morgan fingerprint density at radius 1 is 1.45 bits per heavy atom. The van der Waals surface area contributed by atoms with Crippen LogP contribution >= 0.6 is 0 Å². The van der Waals surface area contributed by atoms with Crippen LogP contribution in [-0.4, -0.2) is 28.0 Å². The molecule has 110 valence electrons. The maximum Gasteiger partial charge on any atom is 0.329 e. The van der Waals surface area contributed by atoms with E-state index in [-0.39, 0.29) is 11.7 Å². The van der Waals surface area contributed by atoms with Crippen molar-refractivity contribution in [2.45, 2.75) is 45.1 Å². The molecule has 0 spiro atoms. The number of anilines is 2. The summed E-state index contributed by atoms with van der Waals surface area (Å²) in [6.45, 7) is 2.16. The quantitative estimate of drug-likeness (QED) is 0.636. The molecule has 0 saturated heterocycles. The molecule has 2 atom stereocenters. The van der Waals surface area contributed by atoms with E-state index < -0.39 is 4.92 Å². The zero-order valence-electron chi connectivity index (χ0n) is 11.9. The van der Waals surface area contributed by atoms with Gasteiger partial charge in [-0.15, -0.1) is 0 Å². The molecule has 2 N–H and O–H groups in total. The Bertz CT molecular complexity index is 480. The van der Waals surface area contributed by atoms with Crippen LogP contribution in [0.25, 0.3) is 0 Å². The molecule has 2 unspecified atom stereocenters. The third kappa shape index (κ3) is 3.15. The topological polar surface area (TPSA) is 93.0 Å². The van der Waals surface area contributed by atoms with Crippen molar-refractivity contribution in [1.29, 1.82) is 0 Å². The number of aromatic nitrogens is 2. The van der Waals surface area contributed by atoms with Crippen molar-refractivity contribution in [3.63, 3.8) is 0 Å². The SMILES string of the molecule is CCC1CCCCC1Nc1nc(NC)ncc1[N+](=O)[O-]. The summed E-state index contributed by atoms with van der Waals surface area (Å²) in [6, 6.07) is 0.257. The first-order valence-corrected chi connectivity index (χ1v) is 7.11. The highest BCUT2D eigenvalue weighted by molar-refractivity contribution is 5.57. The van der Waals surface area contributed by atoms with Crippen LogP contribution in [0.1, 0.15) is 39.0 Å². The Labute approximate surface area is 118 Å². The molecule has 0 bridgehead atoms. The van der Waals surface area contributed by atoms with Crippen molar-refractivity contribution in [3.05, 3.63) is 16.3 Å². The van der Waals surface area contributed by atoms with Crippen LogP contribution in [-0.2, 0) is 0 Å². The summed E-state index contributed by atoms with van der Waals surface area (Å²) in [7, 11) is 1.69. The van der Waals surface area contributed by atoms with E-state index in [4.69, 9.17) is 0 Å². The first kappa shape index (κ1) is 14.5. The molecular weight excluding hydrogens is 258 g/mol. The van der Waals surface area contributed by atoms with Gasteiger partial charge >= 0.3 is 5.69 Å². The van der Waals surface area contributed by atoms with E-state index >= 15 is 0 Å². The van der Waals surface area contributed by atoms with Gasteiger partial charge in [0.25, 0.3) is 0 Å². The molecule has 0 aromatic carbocycles. The number of nitrogens with one attached hydrogen (secondary N) is 2. The van der Waals surface area contributed by atoms with Crippen LogP contribution in [0.2, 0.25) is 0 Å². The Morgan fingerprint density at radius 3 is 2.85 bits per heavy atom. The first-order chi connectivity index (χ1) is 9.65. The van der Waals surface area contributed by atoms with Crippen LogP contribution in [0.4, 0.5) is 17.5 Å². The van der Waals surface area contributed by atoms with E-state index in [1.807, 2.05) is 0 Å². The number of hydrogen-bond acceptors (Lipinski definition) is 6. The minimum Gasteiger partial charge on any atom is -0.361 e. The number of nitrogens with zero attached hydrogens (tertiary/aromatic N) is 3. The van der Waals surface area contributed by atoms with Gasteiger partial charge in [-0.3, -0.25) is 10.1 Å². The van der Waals surface area contributed by atoms with Gasteiger partial charge in [0.15, 0.2) is 0 Å². The van der Waals surface area contributed by atoms with Crippen molar-refractivity contribution in [2.75, 3.05) is 17.7 Å². The summed E-state index contributed by atoms with van der Waals surface area (Å²) in [4.78, 5) is 18.7. The van der Waals surface area contributed by atoms with Crippen molar-refractivity contribution >= 4 is 17.5 Å². The van der Waals surface area contributed by atoms with E-state index in [2.05, 4.69) is 27.5 Å². The minimum atomic E-state index is -0.439. The minimum absolute atomic E-state index is 0.0653. The summed E-state index contributed by atoms with van der Waals surface area (Å²) in [5.74, 6) is 1.26. The summed E-state index contributed by atoms with van der Waals surface area (Å²) >= 11 is 0. The second-order valence-corrected chi connectivity index (χ2v) is 5.14. The van der Waals surface area contributed by atoms with Crippen LogP contribution in [0.5, 0.6) is 0 Å². The smallest absolute Gasteiger partial charge is 0.329 e. The molecule has 0 radical (unpaired) electrons. The average molecular weight is 279 g/mol. The number of hydrogen-bond donors (Lipinski definition) is 2. The largest absolute Gasteiger partial charge is 0.361 e. The second kappa shape index (κ2) is 6.49. The van der Waals surface area contributed by atoms with Crippen molar-refractivity contribution in [1.82, 2.24) is 9.97 Å². The second-order valence-electron chi connectivity index (χ2n) is 5.14. The molecule has 1 heterocycles. The van der Waals surface area contributed by atoms with Gasteiger partial charge in [0.05, 0.1) is 4.92 Å². The summed E-state index contributed by atoms with van der Waals surface area (Å²) in [6.07, 6.45) is 6.94. The van der Waals surface area contributed by atoms with Gasteiger partial charge in [-0.05, 0) is 18.8 Å². The zero-order chi connectivity index (χ0) is 14.5. The Hall–Kier alpha value is -1.92. The Morgan fingerprint density at radius 2 is 2.20 bits per heavy atom. The lowest BCUT2D eigenvalue weighted by molar-refractivity contribution is -0.384. The normalized spacial score (nSPS) is 22.3. The van der Waals surface area contributed by atoms with Crippen LogP contribution in [0.15, 0.2) is 6.20 Å². The van der Waals surface area contributed by atoms with Gasteiger partial charge in [0.2, 0.25) is 11.8 Å². The van der Waals surface area contributed by atoms with Crippen molar-refractivity contribution < 1.29 is 4.92 Å². The van der Waals surface area contributed by atoms with Gasteiger partial charge < -0.3 is 10.6 Å². The fourth-order valence-electron chi connectivity index (χ4n) is 2.80. The van der Waals surface area contributed by atoms with E-state index in [0.29, 0.717) is 17.7 Å². The van der Waals surface area contributed by atoms with Gasteiger partial charge in [-0.25, -0.2) is 4.98 Å². The van der Waals surface area contributed by atoms with Gasteiger partial charge in [0.1, 0.15) is 6.20 Å². The molecule has 1 fully saturated rings. The Balaban J connectivity index is 2.23. The summed E-state index contributed by atoms with van der Waals surface area (Å²) in [5, 5.41) is 17.2. The maximum atomic E-state index is 11.1. The Kier molecular flexibility index (Phi) is 4.70. The van der Waals surface area contributed by atoms with E-state index in [1.54, 1.807) is 7.05 Å². The summed E-state index contributed by atoms with van der Waals surface area (Å²) in [5.41, 5.74) is -0.0653. The van der Waals surface area contributed by atoms with Crippen LogP contribution < -0.4 is 10.6 Å². The van der Waals surface area contributed by atoms with Crippen molar-refractivity contribution in [3.8, 4) is 0 Å². The molecule has 7 heteroatoms. The molecule has 1 aromatic heterocycles. The maximum absolute atomic E-state index is 11.1. The molecule has 0 amide bonds. The average Bonchev–Trinajstić information content (AvgIpc) is 2.47. The lowest BCUT2D eigenvalue weighted by Crippen LogP contribution is -2.32.